The lowest BCUT2D eigenvalue weighted by Gasteiger charge is -2.27. The predicted molar refractivity (Wildman–Crippen MR) is 323 cm³/mol. The number of nitrogens with one attached hydrogen (secondary N) is 9. The number of phenols is 1. The van der Waals surface area contributed by atoms with E-state index in [-0.39, 0.29) is 120 Å². The number of carbonyl (C=O) groups is 13. The molecule has 1 aromatic rings. The Bertz CT molecular complexity index is 2610. The van der Waals surface area contributed by atoms with Gasteiger partial charge in [-0.05, 0) is 94.4 Å². The van der Waals surface area contributed by atoms with Crippen LogP contribution in [0.1, 0.15) is 103 Å². The molecule has 88 heavy (non-hydrogen) atoms. The number of aromatic hydroxyl groups is 1. The van der Waals surface area contributed by atoms with Crippen molar-refractivity contribution < 1.29 is 72.5 Å². The van der Waals surface area contributed by atoms with Gasteiger partial charge in [0.1, 0.15) is 54.1 Å². The molecule has 0 aromatic heterocycles. The Morgan fingerprint density at radius 1 is 0.500 bits per heavy atom. The van der Waals surface area contributed by atoms with Gasteiger partial charge in [-0.1, -0.05) is 26.0 Å². The first kappa shape index (κ1) is 77.0. The molecule has 0 spiro atoms. The number of carboxylic acids is 1. The third kappa shape index (κ3) is 32.4. The molecule has 1 rings (SSSR count). The van der Waals surface area contributed by atoms with Gasteiger partial charge < -0.3 is 110 Å². The second-order valence-corrected chi connectivity index (χ2v) is 21.1. The van der Waals surface area contributed by atoms with Crippen LogP contribution >= 0.6 is 12.6 Å². The summed E-state index contributed by atoms with van der Waals surface area (Å²) >= 11 is 4.16. The first-order valence-electron chi connectivity index (χ1n) is 28.1. The van der Waals surface area contributed by atoms with Gasteiger partial charge in [-0.15, -0.1) is 0 Å². The molecule has 9 atom stereocenters. The highest BCUT2D eigenvalue weighted by Gasteiger charge is 2.35. The maximum atomic E-state index is 14.4. The Balaban J connectivity index is 3.65. The molecule has 0 saturated heterocycles. The molecule has 0 heterocycles. The molecule has 0 saturated carbocycles. The predicted octanol–water partition coefficient (Wildman–Crippen LogP) is -8.04. The standard InChI is InChI=1S/C52H88N20O15S/c1-26(2)21-36(50(86)87)71-47(83)33(15-17-39(56)75)65-41(77)24-64-43(79)34(22-27-10-12-28(73)13-11-27)69-48(84)35(23-40(57)76)70-46(82)30(7-3-4-18-53)66-44(80)31(8-5-19-62-51(58)59)67-45(81)32(9-6-20-63-52(60)61)68-49(85)37(25-88)72-42(78)29(54)14-16-38(55)74/h10-13,26,29-37,73,88H,3-9,14-25,53-54H2,1-2H3,(H2,55,74)(H2,56,75)(H2,57,76)(H,64,79)(H,65,77)(H,66,80)(H,67,81)(H,68,85)(H,69,84)(H,70,82)(H,71,83)(H,72,78)(H,86,87)(H4,58,59,62)(H4,60,61,63)/t29-,30-,31-,32-,33-,34-,35-,36-,37-/m0/s1. The number of guanidine groups is 2. The quantitative estimate of drug-likeness (QED) is 0.0125. The topological polar surface area (TPSA) is 630 Å². The number of carbonyl (C=O) groups excluding carboxylic acids is 12. The minimum atomic E-state index is -1.86. The lowest BCUT2D eigenvalue weighted by molar-refractivity contribution is -0.143. The summed E-state index contributed by atoms with van der Waals surface area (Å²) in [7, 11) is 0. The van der Waals surface area contributed by atoms with Gasteiger partial charge in [0.05, 0.1) is 19.0 Å². The molecule has 36 heteroatoms. The van der Waals surface area contributed by atoms with Crippen LogP contribution in [0.3, 0.4) is 0 Å². The van der Waals surface area contributed by atoms with Gasteiger partial charge in [0, 0.05) is 38.1 Å². The highest BCUT2D eigenvalue weighted by Crippen LogP contribution is 2.14. The zero-order chi connectivity index (χ0) is 66.6. The van der Waals surface area contributed by atoms with Gasteiger partial charge in [-0.25, -0.2) is 4.79 Å². The molecule has 492 valence electrons. The Morgan fingerprint density at radius 3 is 1.36 bits per heavy atom. The Kier molecular flexibility index (Phi) is 35.9. The Labute approximate surface area is 513 Å². The molecule has 35 nitrogen and oxygen atoms in total. The fourth-order valence-electron chi connectivity index (χ4n) is 8.11. The number of thiol groups is 1. The van der Waals surface area contributed by atoms with Crippen molar-refractivity contribution >= 4 is 101 Å². The summed E-state index contributed by atoms with van der Waals surface area (Å²) in [5.41, 5.74) is 49.9. The number of unbranched alkanes of at least 4 members (excludes halogenated alkanes) is 1. The van der Waals surface area contributed by atoms with Crippen LogP contribution in [0.5, 0.6) is 5.75 Å². The van der Waals surface area contributed by atoms with Crippen molar-refractivity contribution in [2.24, 2.45) is 67.5 Å². The van der Waals surface area contributed by atoms with E-state index in [0.29, 0.717) is 12.0 Å². The number of nitrogens with two attached hydrogens (primary N) is 9. The number of aliphatic imine (C=N–C) groups is 2. The van der Waals surface area contributed by atoms with Crippen LogP contribution in [0.4, 0.5) is 0 Å². The van der Waals surface area contributed by atoms with Crippen molar-refractivity contribution in [1.82, 2.24) is 47.9 Å². The largest absolute Gasteiger partial charge is 0.508 e. The maximum absolute atomic E-state index is 14.4. The fourth-order valence-corrected chi connectivity index (χ4v) is 8.37. The molecule has 29 N–H and O–H groups in total. The van der Waals surface area contributed by atoms with Crippen molar-refractivity contribution in [3.05, 3.63) is 29.8 Å². The maximum Gasteiger partial charge on any atom is 0.326 e. The molecule has 0 fully saturated rings. The SMILES string of the molecule is CC(C)C[C@H](NC(=O)[C@H](CCC(N)=O)NC(=O)CNC(=O)[C@H](Cc1ccc(O)cc1)NC(=O)[C@H](CC(N)=O)NC(=O)[C@H](CCCCN)NC(=O)[C@H](CCCN=C(N)N)NC(=O)[C@H](CCCN=C(N)N)NC(=O)[C@H](CS)NC(=O)[C@@H](N)CCC(N)=O)C(=O)O. The molecular formula is C52H88N20O15S. The number of hydrogen-bond acceptors (Lipinski definition) is 19. The third-order valence-corrected chi connectivity index (χ3v) is 13.1. The number of phenolic OH excluding ortho intramolecular Hbond substituents is 1. The summed E-state index contributed by atoms with van der Waals surface area (Å²) < 4.78 is 0. The monoisotopic (exact) mass is 1260 g/mol. The smallest absolute Gasteiger partial charge is 0.326 e. The minimum Gasteiger partial charge on any atom is -0.508 e. The van der Waals surface area contributed by atoms with Gasteiger partial charge in [0.2, 0.25) is 70.9 Å². The zero-order valence-electron chi connectivity index (χ0n) is 49.3. The van der Waals surface area contributed by atoms with E-state index in [1.807, 2.05) is 0 Å². The highest BCUT2D eigenvalue weighted by atomic mass is 32.1. The first-order valence-corrected chi connectivity index (χ1v) is 28.7. The van der Waals surface area contributed by atoms with Crippen LogP contribution < -0.4 is 99.5 Å². The summed E-state index contributed by atoms with van der Waals surface area (Å²) in [4.78, 5) is 179. The van der Waals surface area contributed by atoms with Gasteiger partial charge in [0.15, 0.2) is 11.9 Å². The number of primary amides is 3. The summed E-state index contributed by atoms with van der Waals surface area (Å²) in [5.74, 6) is -14.2. The number of hydrogen-bond donors (Lipinski definition) is 21. The number of benzene rings is 1. The van der Waals surface area contributed by atoms with E-state index in [1.165, 1.54) is 24.3 Å². The first-order chi connectivity index (χ1) is 41.4. The van der Waals surface area contributed by atoms with Crippen LogP contribution in [0.15, 0.2) is 34.3 Å². The van der Waals surface area contributed by atoms with E-state index in [1.54, 1.807) is 13.8 Å². The summed E-state index contributed by atoms with van der Waals surface area (Å²) in [6, 6.07) is -8.14. The van der Waals surface area contributed by atoms with E-state index in [4.69, 9.17) is 51.6 Å². The average Bonchev–Trinajstić information content (AvgIpc) is 3.53. The van der Waals surface area contributed by atoms with E-state index >= 15 is 0 Å². The van der Waals surface area contributed by atoms with Crippen molar-refractivity contribution in [1.29, 1.82) is 0 Å². The van der Waals surface area contributed by atoms with Gasteiger partial charge in [0.25, 0.3) is 0 Å². The molecule has 0 radical (unpaired) electrons. The molecule has 0 bridgehead atoms. The molecule has 12 amide bonds. The van der Waals surface area contributed by atoms with E-state index in [0.717, 1.165) is 0 Å². The van der Waals surface area contributed by atoms with Crippen molar-refractivity contribution in [3.8, 4) is 5.75 Å². The van der Waals surface area contributed by atoms with Crippen LogP contribution in [-0.4, -0.2) is 185 Å². The normalized spacial score (nSPS) is 13.9. The molecule has 0 aliphatic carbocycles. The Hall–Kier alpha value is -9.06. The van der Waals surface area contributed by atoms with Gasteiger partial charge in [-0.2, -0.15) is 12.6 Å². The van der Waals surface area contributed by atoms with Crippen molar-refractivity contribution in [3.63, 3.8) is 0 Å². The van der Waals surface area contributed by atoms with E-state index < -0.39 is 151 Å². The molecule has 0 aliphatic rings. The second kappa shape index (κ2) is 41.1. The minimum absolute atomic E-state index is 0.0190. The van der Waals surface area contributed by atoms with E-state index in [9.17, 15) is 72.5 Å². The molecule has 1 aromatic carbocycles. The second-order valence-electron chi connectivity index (χ2n) is 20.8. The number of rotatable bonds is 44. The highest BCUT2D eigenvalue weighted by molar-refractivity contribution is 7.80. The van der Waals surface area contributed by atoms with Crippen LogP contribution in [0, 0.1) is 5.92 Å². The van der Waals surface area contributed by atoms with Gasteiger partial charge in [-0.3, -0.25) is 67.5 Å². The summed E-state index contributed by atoms with van der Waals surface area (Å²) in [6.07, 6.45) is -2.23. The number of aliphatic carboxylic acids is 1. The number of nitrogens with zero attached hydrogens (tertiary/aromatic N) is 2. The Morgan fingerprint density at radius 2 is 0.920 bits per heavy atom. The van der Waals surface area contributed by atoms with Crippen LogP contribution in [-0.2, 0) is 68.7 Å². The molecule has 0 unspecified atom stereocenters. The van der Waals surface area contributed by atoms with Crippen molar-refractivity contribution in [2.45, 2.75) is 158 Å². The summed E-state index contributed by atoms with van der Waals surface area (Å²) in [5, 5.41) is 41.5. The molecule has 0 aliphatic heterocycles. The average molecular weight is 1270 g/mol. The van der Waals surface area contributed by atoms with Crippen molar-refractivity contribution in [2.75, 3.05) is 31.9 Å². The van der Waals surface area contributed by atoms with Crippen LogP contribution in [0.25, 0.3) is 0 Å². The lowest BCUT2D eigenvalue weighted by Crippen LogP contribution is -2.60. The third-order valence-electron chi connectivity index (χ3n) is 12.7. The fraction of sp³-hybridized carbons (Fsp3) is 0.596. The van der Waals surface area contributed by atoms with E-state index in [2.05, 4.69) is 70.5 Å². The number of amides is 12. The molecular weight excluding hydrogens is 1180 g/mol. The summed E-state index contributed by atoms with van der Waals surface area (Å²) in [6.45, 7) is 2.64. The lowest BCUT2D eigenvalue weighted by atomic mass is 10.0. The zero-order valence-corrected chi connectivity index (χ0v) is 50.2. The van der Waals surface area contributed by atoms with Gasteiger partial charge >= 0.3 is 5.97 Å². The van der Waals surface area contributed by atoms with Crippen LogP contribution in [0.2, 0.25) is 0 Å². The number of carboxylic acid groups (broad SMARTS) is 1.